The Hall–Kier alpha value is -1.45. The zero-order valence-corrected chi connectivity index (χ0v) is 12.9. The molecule has 0 spiro atoms. The lowest BCUT2D eigenvalue weighted by Gasteiger charge is -2.29. The van der Waals surface area contributed by atoms with E-state index in [1.807, 2.05) is 0 Å². The molecule has 1 aliphatic heterocycles. The number of hydrogen-bond acceptors (Lipinski definition) is 6. The molecule has 21 heavy (non-hydrogen) atoms. The first-order chi connectivity index (χ1) is 9.86. The van der Waals surface area contributed by atoms with Gasteiger partial charge in [0.1, 0.15) is 4.21 Å². The molecule has 9 heteroatoms. The third-order valence-corrected chi connectivity index (χ3v) is 6.72. The molecule has 0 aliphatic carbocycles. The number of methoxy groups -OCH3 is 1. The van der Waals surface area contributed by atoms with Crippen LogP contribution < -0.4 is 0 Å². The first-order valence-electron chi connectivity index (χ1n) is 6.26. The Morgan fingerprint density at radius 3 is 2.48 bits per heavy atom. The molecule has 0 radical (unpaired) electrons. The second-order valence-electron chi connectivity index (χ2n) is 4.66. The number of thiophene rings is 1. The number of carboxylic acid groups (broad SMARTS) is 1. The van der Waals surface area contributed by atoms with E-state index in [1.54, 1.807) is 0 Å². The van der Waals surface area contributed by atoms with Crippen LogP contribution in [0, 0.1) is 5.92 Å². The van der Waals surface area contributed by atoms with Gasteiger partial charge < -0.3 is 9.84 Å². The summed E-state index contributed by atoms with van der Waals surface area (Å²) in [4.78, 5) is 22.2. The molecule has 1 saturated heterocycles. The Labute approximate surface area is 126 Å². The van der Waals surface area contributed by atoms with Gasteiger partial charge in [0.05, 0.1) is 18.6 Å². The van der Waals surface area contributed by atoms with Gasteiger partial charge in [0.15, 0.2) is 0 Å². The molecule has 1 fully saturated rings. The summed E-state index contributed by atoms with van der Waals surface area (Å²) in [6, 6.07) is 1.16. The molecule has 2 rings (SSSR count). The van der Waals surface area contributed by atoms with E-state index in [0.717, 1.165) is 17.4 Å². The van der Waals surface area contributed by atoms with Crippen molar-refractivity contribution in [3.63, 3.8) is 0 Å². The number of esters is 1. The summed E-state index contributed by atoms with van der Waals surface area (Å²) in [6.45, 7) is 0.449. The van der Waals surface area contributed by atoms with Gasteiger partial charge >= 0.3 is 11.9 Å². The van der Waals surface area contributed by atoms with Crippen molar-refractivity contribution < 1.29 is 27.9 Å². The first kappa shape index (κ1) is 15.9. The van der Waals surface area contributed by atoms with E-state index in [1.165, 1.54) is 16.8 Å². The molecule has 1 aromatic rings. The molecule has 0 unspecified atom stereocenters. The van der Waals surface area contributed by atoms with Gasteiger partial charge in [-0.05, 0) is 18.9 Å². The summed E-state index contributed by atoms with van der Waals surface area (Å²) < 4.78 is 30.7. The minimum Gasteiger partial charge on any atom is -0.478 e. The van der Waals surface area contributed by atoms with Gasteiger partial charge in [-0.2, -0.15) is 4.31 Å². The Balaban J connectivity index is 2.11. The van der Waals surface area contributed by atoms with Crippen LogP contribution in [0.25, 0.3) is 0 Å². The number of carbonyl (C=O) groups is 2. The number of ether oxygens (including phenoxy) is 1. The van der Waals surface area contributed by atoms with Crippen molar-refractivity contribution in [1.29, 1.82) is 0 Å². The van der Waals surface area contributed by atoms with Gasteiger partial charge in [0.25, 0.3) is 10.0 Å². The molecule has 0 bridgehead atoms. The maximum atomic E-state index is 12.4. The largest absolute Gasteiger partial charge is 0.478 e. The van der Waals surface area contributed by atoms with Crippen molar-refractivity contribution in [1.82, 2.24) is 4.31 Å². The van der Waals surface area contributed by atoms with Gasteiger partial charge in [-0.3, -0.25) is 4.79 Å². The van der Waals surface area contributed by atoms with Gasteiger partial charge in [-0.1, -0.05) is 0 Å². The average molecular weight is 333 g/mol. The number of rotatable bonds is 4. The Bertz CT molecular complexity index is 642. The van der Waals surface area contributed by atoms with Crippen LogP contribution in [0.2, 0.25) is 0 Å². The highest BCUT2D eigenvalue weighted by molar-refractivity contribution is 7.91. The molecule has 116 valence electrons. The third kappa shape index (κ3) is 3.25. The highest BCUT2D eigenvalue weighted by Crippen LogP contribution is 2.28. The lowest BCUT2D eigenvalue weighted by atomic mass is 9.99. The predicted molar refractivity (Wildman–Crippen MR) is 74.8 cm³/mol. The van der Waals surface area contributed by atoms with Crippen molar-refractivity contribution in [2.75, 3.05) is 20.2 Å². The minimum absolute atomic E-state index is 0.0106. The van der Waals surface area contributed by atoms with Crippen molar-refractivity contribution in [2.24, 2.45) is 5.92 Å². The molecule has 7 nitrogen and oxygen atoms in total. The lowest BCUT2D eigenvalue weighted by molar-refractivity contribution is -0.146. The fraction of sp³-hybridized carbons (Fsp3) is 0.500. The first-order valence-corrected chi connectivity index (χ1v) is 8.58. The lowest BCUT2D eigenvalue weighted by Crippen LogP contribution is -2.40. The van der Waals surface area contributed by atoms with Crippen LogP contribution in [0.1, 0.15) is 23.2 Å². The fourth-order valence-electron chi connectivity index (χ4n) is 2.19. The van der Waals surface area contributed by atoms with Crippen LogP contribution in [0.3, 0.4) is 0 Å². The van der Waals surface area contributed by atoms with Crippen LogP contribution in [0.5, 0.6) is 0 Å². The van der Waals surface area contributed by atoms with E-state index < -0.39 is 16.0 Å². The fourth-order valence-corrected chi connectivity index (χ4v) is 4.97. The van der Waals surface area contributed by atoms with Gasteiger partial charge in [-0.15, -0.1) is 11.3 Å². The minimum atomic E-state index is -3.69. The topological polar surface area (TPSA) is 101 Å². The van der Waals surface area contributed by atoms with Crippen LogP contribution in [0.4, 0.5) is 0 Å². The summed E-state index contributed by atoms with van der Waals surface area (Å²) in [6.07, 6.45) is 0.812. The zero-order valence-electron chi connectivity index (χ0n) is 11.3. The second kappa shape index (κ2) is 6.12. The number of carboxylic acids is 1. The van der Waals surface area contributed by atoms with E-state index in [0.29, 0.717) is 12.8 Å². The summed E-state index contributed by atoms with van der Waals surface area (Å²) >= 11 is 0.888. The van der Waals surface area contributed by atoms with Gasteiger partial charge in [-0.25, -0.2) is 13.2 Å². The van der Waals surface area contributed by atoms with Crippen molar-refractivity contribution in [3.8, 4) is 0 Å². The Morgan fingerprint density at radius 1 is 1.38 bits per heavy atom. The number of nitrogens with zero attached hydrogens (tertiary/aromatic N) is 1. The van der Waals surface area contributed by atoms with E-state index in [-0.39, 0.29) is 34.7 Å². The zero-order chi connectivity index (χ0) is 15.6. The van der Waals surface area contributed by atoms with E-state index >= 15 is 0 Å². The summed E-state index contributed by atoms with van der Waals surface area (Å²) in [5.74, 6) is -1.76. The summed E-state index contributed by atoms with van der Waals surface area (Å²) in [5, 5.41) is 10.1. The average Bonchev–Trinajstić information content (AvgIpc) is 2.97. The molecule has 1 aliphatic rings. The van der Waals surface area contributed by atoms with Crippen LogP contribution in [-0.2, 0) is 19.6 Å². The molecular formula is C12H15NO6S2. The Kier molecular flexibility index (Phi) is 4.64. The number of carbonyl (C=O) groups excluding carboxylic acids is 1. The molecule has 0 aromatic carbocycles. The summed E-state index contributed by atoms with van der Waals surface area (Å²) in [5.41, 5.74) is -0.0389. The standard InChI is InChI=1S/C12H15NO6S2/c1-19-12(16)8-2-4-13(5-3-8)21(17,18)10-6-9(7-20-10)11(14)15/h6-8H,2-5H2,1H3,(H,14,15). The smallest absolute Gasteiger partial charge is 0.336 e. The molecule has 1 aromatic heterocycles. The third-order valence-electron chi connectivity index (χ3n) is 3.40. The van der Waals surface area contributed by atoms with E-state index in [4.69, 9.17) is 5.11 Å². The Morgan fingerprint density at radius 2 is 2.00 bits per heavy atom. The molecule has 1 N–H and O–H groups in total. The quantitative estimate of drug-likeness (QED) is 0.826. The number of piperidine rings is 1. The monoisotopic (exact) mass is 333 g/mol. The molecule has 0 amide bonds. The molecule has 0 atom stereocenters. The predicted octanol–water partition coefficient (Wildman–Crippen LogP) is 1.02. The maximum absolute atomic E-state index is 12.4. The van der Waals surface area contributed by atoms with Gasteiger partial charge in [0.2, 0.25) is 0 Å². The van der Waals surface area contributed by atoms with Gasteiger partial charge in [0, 0.05) is 18.5 Å². The second-order valence-corrected chi connectivity index (χ2v) is 7.74. The number of sulfonamides is 1. The summed E-state index contributed by atoms with van der Waals surface area (Å²) in [7, 11) is -2.38. The van der Waals surface area contributed by atoms with E-state index in [9.17, 15) is 18.0 Å². The van der Waals surface area contributed by atoms with Crippen LogP contribution >= 0.6 is 11.3 Å². The maximum Gasteiger partial charge on any atom is 0.336 e. The molecule has 2 heterocycles. The van der Waals surface area contributed by atoms with Crippen molar-refractivity contribution in [2.45, 2.75) is 17.1 Å². The molecule has 0 saturated carbocycles. The van der Waals surface area contributed by atoms with E-state index in [2.05, 4.69) is 4.74 Å². The van der Waals surface area contributed by atoms with Crippen LogP contribution in [0.15, 0.2) is 15.7 Å². The van der Waals surface area contributed by atoms with Crippen molar-refractivity contribution >= 4 is 33.3 Å². The molecular weight excluding hydrogens is 318 g/mol. The number of aromatic carboxylic acids is 1. The normalized spacial score (nSPS) is 17.6. The number of hydrogen-bond donors (Lipinski definition) is 1. The van der Waals surface area contributed by atoms with Crippen LogP contribution in [-0.4, -0.2) is 50.0 Å². The highest BCUT2D eigenvalue weighted by Gasteiger charge is 2.33. The highest BCUT2D eigenvalue weighted by atomic mass is 32.2. The SMILES string of the molecule is COC(=O)C1CCN(S(=O)(=O)c2cc(C(=O)O)cs2)CC1. The van der Waals surface area contributed by atoms with Crippen molar-refractivity contribution in [3.05, 3.63) is 17.0 Å².